The monoisotopic (exact) mass is 214 g/mol. The first-order chi connectivity index (χ1) is 7.06. The SMILES string of the molecule is C1CCCCCCC1.CC(C)(C)OC=O. The molecule has 0 heterocycles. The average Bonchev–Trinajstić information content (AvgIpc) is 2.00. The summed E-state index contributed by atoms with van der Waals surface area (Å²) in [4.78, 5) is 9.60. The van der Waals surface area contributed by atoms with Crippen molar-refractivity contribution in [3.63, 3.8) is 0 Å². The molecular formula is C13H26O2. The van der Waals surface area contributed by atoms with Gasteiger partial charge in [0.15, 0.2) is 0 Å². The van der Waals surface area contributed by atoms with Gasteiger partial charge in [-0.25, -0.2) is 0 Å². The molecule has 0 aromatic carbocycles. The summed E-state index contributed by atoms with van der Waals surface area (Å²) in [5.41, 5.74) is -0.318. The molecule has 0 radical (unpaired) electrons. The van der Waals surface area contributed by atoms with Gasteiger partial charge in [0.1, 0.15) is 5.60 Å². The van der Waals surface area contributed by atoms with E-state index in [1.165, 1.54) is 51.4 Å². The van der Waals surface area contributed by atoms with Gasteiger partial charge < -0.3 is 4.74 Å². The summed E-state index contributed by atoms with van der Waals surface area (Å²) in [5, 5.41) is 0. The number of carbonyl (C=O) groups is 1. The highest BCUT2D eigenvalue weighted by Gasteiger charge is 2.07. The maximum Gasteiger partial charge on any atom is 0.293 e. The van der Waals surface area contributed by atoms with Gasteiger partial charge in [0.25, 0.3) is 6.47 Å². The first-order valence-corrected chi connectivity index (χ1v) is 6.18. The van der Waals surface area contributed by atoms with Crippen molar-refractivity contribution >= 4 is 6.47 Å². The number of carbonyl (C=O) groups excluding carboxylic acids is 1. The molecule has 1 aliphatic rings. The van der Waals surface area contributed by atoms with E-state index in [1.807, 2.05) is 20.8 Å². The van der Waals surface area contributed by atoms with Crippen LogP contribution in [0.5, 0.6) is 0 Å². The fourth-order valence-corrected chi connectivity index (χ4v) is 1.56. The smallest absolute Gasteiger partial charge is 0.293 e. The van der Waals surface area contributed by atoms with Crippen molar-refractivity contribution in [2.75, 3.05) is 0 Å². The lowest BCUT2D eigenvalue weighted by molar-refractivity contribution is -0.138. The molecule has 0 amide bonds. The van der Waals surface area contributed by atoms with Crippen LogP contribution in [-0.2, 0) is 9.53 Å². The Labute approximate surface area is 94.4 Å². The number of hydrogen-bond donors (Lipinski definition) is 0. The van der Waals surface area contributed by atoms with Gasteiger partial charge in [0, 0.05) is 0 Å². The quantitative estimate of drug-likeness (QED) is 0.615. The van der Waals surface area contributed by atoms with E-state index in [2.05, 4.69) is 4.74 Å². The van der Waals surface area contributed by atoms with Crippen molar-refractivity contribution in [2.45, 2.75) is 77.7 Å². The van der Waals surface area contributed by atoms with Gasteiger partial charge >= 0.3 is 0 Å². The summed E-state index contributed by atoms with van der Waals surface area (Å²) >= 11 is 0. The van der Waals surface area contributed by atoms with Gasteiger partial charge in [-0.1, -0.05) is 51.4 Å². The molecular weight excluding hydrogens is 188 g/mol. The third-order valence-corrected chi connectivity index (χ3v) is 2.40. The highest BCUT2D eigenvalue weighted by molar-refractivity contribution is 5.37. The predicted molar refractivity (Wildman–Crippen MR) is 63.8 cm³/mol. The number of ether oxygens (including phenoxy) is 1. The molecule has 1 saturated carbocycles. The Morgan fingerprint density at radius 3 is 1.13 bits per heavy atom. The minimum absolute atomic E-state index is 0.318. The first-order valence-electron chi connectivity index (χ1n) is 6.18. The molecule has 0 aromatic rings. The fourth-order valence-electron chi connectivity index (χ4n) is 1.56. The molecule has 0 unspecified atom stereocenters. The predicted octanol–water partition coefficient (Wildman–Crippen LogP) is 4.08. The van der Waals surface area contributed by atoms with Crippen LogP contribution in [0.1, 0.15) is 72.1 Å². The third kappa shape index (κ3) is 13.5. The Hall–Kier alpha value is -0.530. The molecule has 2 heteroatoms. The van der Waals surface area contributed by atoms with Crippen molar-refractivity contribution in [3.8, 4) is 0 Å². The second-order valence-corrected chi connectivity index (χ2v) is 5.15. The van der Waals surface area contributed by atoms with Gasteiger partial charge in [-0.2, -0.15) is 0 Å². The molecule has 2 nitrogen and oxygen atoms in total. The summed E-state index contributed by atoms with van der Waals surface area (Å²) in [6, 6.07) is 0. The van der Waals surface area contributed by atoms with E-state index >= 15 is 0 Å². The molecule has 1 fully saturated rings. The molecule has 0 aliphatic heterocycles. The second-order valence-electron chi connectivity index (χ2n) is 5.15. The Morgan fingerprint density at radius 1 is 0.800 bits per heavy atom. The van der Waals surface area contributed by atoms with Crippen LogP contribution < -0.4 is 0 Å². The van der Waals surface area contributed by atoms with Crippen molar-refractivity contribution in [3.05, 3.63) is 0 Å². The summed E-state index contributed by atoms with van der Waals surface area (Å²) in [6.07, 6.45) is 12.0. The summed E-state index contributed by atoms with van der Waals surface area (Å²) in [6.45, 7) is 5.92. The molecule has 15 heavy (non-hydrogen) atoms. The van der Waals surface area contributed by atoms with E-state index in [0.717, 1.165) is 0 Å². The maximum absolute atomic E-state index is 9.60. The standard InChI is InChI=1S/C8H16.C5H10O2/c1-2-4-6-8-7-5-3-1;1-5(2,3)7-4-6/h1-8H2;4H,1-3H3. The van der Waals surface area contributed by atoms with E-state index in [4.69, 9.17) is 0 Å². The fraction of sp³-hybridized carbons (Fsp3) is 0.923. The van der Waals surface area contributed by atoms with Crippen molar-refractivity contribution in [2.24, 2.45) is 0 Å². The lowest BCUT2D eigenvalue weighted by Crippen LogP contribution is -2.17. The van der Waals surface area contributed by atoms with Crippen LogP contribution >= 0.6 is 0 Å². The van der Waals surface area contributed by atoms with Crippen molar-refractivity contribution in [1.82, 2.24) is 0 Å². The van der Waals surface area contributed by atoms with Gasteiger partial charge in [-0.3, -0.25) is 4.79 Å². The topological polar surface area (TPSA) is 26.3 Å². The van der Waals surface area contributed by atoms with E-state index < -0.39 is 0 Å². The molecule has 0 bridgehead atoms. The molecule has 0 spiro atoms. The van der Waals surface area contributed by atoms with Crippen LogP contribution in [0.15, 0.2) is 0 Å². The Balaban J connectivity index is 0.000000265. The normalized spacial score (nSPS) is 17.8. The second kappa shape index (κ2) is 8.75. The average molecular weight is 214 g/mol. The first kappa shape index (κ1) is 14.5. The lowest BCUT2D eigenvalue weighted by Gasteiger charge is -2.14. The van der Waals surface area contributed by atoms with Crippen LogP contribution in [0.3, 0.4) is 0 Å². The van der Waals surface area contributed by atoms with Crippen LogP contribution in [0, 0.1) is 0 Å². The number of hydrogen-bond acceptors (Lipinski definition) is 2. The molecule has 1 rings (SSSR count). The van der Waals surface area contributed by atoms with Crippen LogP contribution in [0.2, 0.25) is 0 Å². The minimum Gasteiger partial charge on any atom is -0.462 e. The Bertz CT molecular complexity index is 123. The summed E-state index contributed by atoms with van der Waals surface area (Å²) < 4.78 is 4.55. The molecule has 1 aliphatic carbocycles. The van der Waals surface area contributed by atoms with Crippen LogP contribution in [0.4, 0.5) is 0 Å². The van der Waals surface area contributed by atoms with Gasteiger partial charge in [0.05, 0.1) is 0 Å². The van der Waals surface area contributed by atoms with Gasteiger partial charge in [-0.15, -0.1) is 0 Å². The highest BCUT2D eigenvalue weighted by atomic mass is 16.5. The molecule has 0 N–H and O–H groups in total. The van der Waals surface area contributed by atoms with E-state index in [1.54, 1.807) is 0 Å². The molecule has 0 saturated heterocycles. The van der Waals surface area contributed by atoms with E-state index in [9.17, 15) is 4.79 Å². The largest absolute Gasteiger partial charge is 0.462 e. The summed E-state index contributed by atoms with van der Waals surface area (Å²) in [5.74, 6) is 0. The minimum atomic E-state index is -0.318. The van der Waals surface area contributed by atoms with Gasteiger partial charge in [-0.05, 0) is 20.8 Å². The summed E-state index contributed by atoms with van der Waals surface area (Å²) in [7, 11) is 0. The Morgan fingerprint density at radius 2 is 1.07 bits per heavy atom. The molecule has 0 aromatic heterocycles. The maximum atomic E-state index is 9.60. The van der Waals surface area contributed by atoms with E-state index in [0.29, 0.717) is 6.47 Å². The van der Waals surface area contributed by atoms with E-state index in [-0.39, 0.29) is 5.60 Å². The number of rotatable bonds is 1. The van der Waals surface area contributed by atoms with Crippen molar-refractivity contribution in [1.29, 1.82) is 0 Å². The Kier molecular flexibility index (Phi) is 8.44. The van der Waals surface area contributed by atoms with Crippen LogP contribution in [0.25, 0.3) is 0 Å². The molecule has 90 valence electrons. The van der Waals surface area contributed by atoms with Crippen LogP contribution in [-0.4, -0.2) is 12.1 Å². The lowest BCUT2D eigenvalue weighted by atomic mass is 10.0. The highest BCUT2D eigenvalue weighted by Crippen LogP contribution is 2.15. The van der Waals surface area contributed by atoms with Crippen molar-refractivity contribution < 1.29 is 9.53 Å². The zero-order valence-electron chi connectivity index (χ0n) is 10.6. The third-order valence-electron chi connectivity index (χ3n) is 2.40. The zero-order chi connectivity index (χ0) is 11.6. The molecule has 0 atom stereocenters. The zero-order valence-corrected chi connectivity index (χ0v) is 10.6. The van der Waals surface area contributed by atoms with Gasteiger partial charge in [0.2, 0.25) is 0 Å².